The van der Waals surface area contributed by atoms with Crippen LogP contribution >= 0.6 is 24.0 Å². The number of hydrogen-bond acceptors (Lipinski definition) is 5. The number of aliphatic hydroxyl groups excluding tert-OH is 1. The van der Waals surface area contributed by atoms with Crippen LogP contribution in [0.4, 0.5) is 0 Å². The second kappa shape index (κ2) is 12.4. The summed E-state index contributed by atoms with van der Waals surface area (Å²) in [7, 11) is 2.06. The van der Waals surface area contributed by atoms with Crippen molar-refractivity contribution in [3.63, 3.8) is 0 Å². The van der Waals surface area contributed by atoms with Crippen molar-refractivity contribution in [1.29, 1.82) is 0 Å². The molecule has 2 aliphatic heterocycles. The molecule has 1 fully saturated rings. The first-order valence-corrected chi connectivity index (χ1v) is 10.4. The number of benzene rings is 1. The summed E-state index contributed by atoms with van der Waals surface area (Å²) < 4.78 is 11.3. The molecule has 0 amide bonds. The largest absolute Gasteiger partial charge is 0.486 e. The summed E-state index contributed by atoms with van der Waals surface area (Å²) in [4.78, 5) is 9.37. The van der Waals surface area contributed by atoms with Gasteiger partial charge < -0.3 is 29.7 Å². The molecule has 3 rings (SSSR count). The number of fused-ring (bicyclic) bond motifs is 1. The molecule has 1 saturated heterocycles. The number of aliphatic imine (C=N–C) groups is 1. The summed E-state index contributed by atoms with van der Waals surface area (Å²) >= 11 is 0. The lowest BCUT2D eigenvalue weighted by atomic mass is 10.1. The van der Waals surface area contributed by atoms with E-state index in [0.29, 0.717) is 13.2 Å². The van der Waals surface area contributed by atoms with Crippen molar-refractivity contribution in [1.82, 2.24) is 15.1 Å². The average Bonchev–Trinajstić information content (AvgIpc) is 2.71. The van der Waals surface area contributed by atoms with Crippen LogP contribution in [0.3, 0.4) is 0 Å². The number of halogens is 1. The van der Waals surface area contributed by atoms with E-state index in [1.54, 1.807) is 0 Å². The smallest absolute Gasteiger partial charge is 0.193 e. The Kier molecular flexibility index (Phi) is 10.3. The van der Waals surface area contributed by atoms with Crippen molar-refractivity contribution in [2.45, 2.75) is 38.8 Å². The summed E-state index contributed by atoms with van der Waals surface area (Å²) in [5.74, 6) is 2.57. The molecule has 0 atom stereocenters. The maximum absolute atomic E-state index is 9.60. The van der Waals surface area contributed by atoms with Crippen molar-refractivity contribution in [3.8, 4) is 11.5 Å². The number of nitrogens with zero attached hydrogens (tertiary/aromatic N) is 3. The number of likely N-dealkylation sites (tertiary alicyclic amines) is 1. The van der Waals surface area contributed by atoms with Crippen molar-refractivity contribution in [2.75, 3.05) is 53.0 Å². The van der Waals surface area contributed by atoms with Crippen LogP contribution in [0.5, 0.6) is 11.5 Å². The zero-order valence-electron chi connectivity index (χ0n) is 17.6. The van der Waals surface area contributed by atoms with Gasteiger partial charge in [0.05, 0.1) is 6.10 Å². The van der Waals surface area contributed by atoms with E-state index in [0.717, 1.165) is 76.0 Å². The molecule has 2 N–H and O–H groups in total. The molecule has 2 heterocycles. The molecular formula is C21H35IN4O3. The van der Waals surface area contributed by atoms with Gasteiger partial charge in [-0.15, -0.1) is 24.0 Å². The van der Waals surface area contributed by atoms with Crippen molar-refractivity contribution in [3.05, 3.63) is 23.8 Å². The van der Waals surface area contributed by atoms with E-state index in [2.05, 4.69) is 41.2 Å². The number of ether oxygens (including phenoxy) is 2. The Labute approximate surface area is 191 Å². The summed E-state index contributed by atoms with van der Waals surface area (Å²) in [5, 5.41) is 13.0. The standard InChI is InChI=1S/C21H34N4O3.HI/c1-3-22-21(23-9-4-10-25-11-7-18(26)8-12-25)24(2)16-17-5-6-19-20(15-17)28-14-13-27-19;/h5-6,15,18,26H,3-4,7-14,16H2,1-2H3,(H,22,23);1H. The van der Waals surface area contributed by atoms with Gasteiger partial charge in [0.1, 0.15) is 13.2 Å². The molecular weight excluding hydrogens is 483 g/mol. The van der Waals surface area contributed by atoms with Gasteiger partial charge in [0.15, 0.2) is 17.5 Å². The first kappa shape index (κ1) is 24.0. The minimum Gasteiger partial charge on any atom is -0.486 e. The first-order valence-electron chi connectivity index (χ1n) is 10.4. The third kappa shape index (κ3) is 7.49. The average molecular weight is 518 g/mol. The van der Waals surface area contributed by atoms with Crippen LogP contribution in [-0.4, -0.2) is 80.0 Å². The van der Waals surface area contributed by atoms with Gasteiger partial charge in [-0.05, 0) is 50.4 Å². The molecule has 0 unspecified atom stereocenters. The molecule has 0 bridgehead atoms. The van der Waals surface area contributed by atoms with E-state index in [4.69, 9.17) is 14.5 Å². The van der Waals surface area contributed by atoms with Gasteiger partial charge in [-0.3, -0.25) is 4.99 Å². The predicted molar refractivity (Wildman–Crippen MR) is 127 cm³/mol. The fourth-order valence-corrected chi connectivity index (χ4v) is 3.63. The van der Waals surface area contributed by atoms with E-state index < -0.39 is 0 Å². The van der Waals surface area contributed by atoms with Crippen LogP contribution in [0.1, 0.15) is 31.7 Å². The predicted octanol–water partition coefficient (Wildman–Crippen LogP) is 2.32. The molecule has 0 aliphatic carbocycles. The maximum Gasteiger partial charge on any atom is 0.193 e. The zero-order valence-corrected chi connectivity index (χ0v) is 19.9. The summed E-state index contributed by atoms with van der Waals surface area (Å²) in [6.45, 7) is 8.74. The SMILES string of the molecule is CCNC(=NCCCN1CCC(O)CC1)N(C)Cc1ccc2c(c1)OCCO2.I. The first-order chi connectivity index (χ1) is 13.7. The van der Waals surface area contributed by atoms with Crippen molar-refractivity contribution in [2.24, 2.45) is 4.99 Å². The number of rotatable bonds is 7. The lowest BCUT2D eigenvalue weighted by molar-refractivity contribution is 0.0824. The maximum atomic E-state index is 9.60. The van der Waals surface area contributed by atoms with Gasteiger partial charge in [-0.25, -0.2) is 0 Å². The molecule has 164 valence electrons. The third-order valence-corrected chi connectivity index (χ3v) is 5.17. The Bertz CT molecular complexity index is 651. The molecule has 0 aromatic heterocycles. The summed E-state index contributed by atoms with van der Waals surface area (Å²) in [6, 6.07) is 6.12. The van der Waals surface area contributed by atoms with Gasteiger partial charge in [0, 0.05) is 39.8 Å². The molecule has 1 aromatic rings. The normalized spacial score (nSPS) is 17.6. The van der Waals surface area contributed by atoms with E-state index >= 15 is 0 Å². The third-order valence-electron chi connectivity index (χ3n) is 5.17. The Morgan fingerprint density at radius 2 is 1.97 bits per heavy atom. The van der Waals surface area contributed by atoms with E-state index in [9.17, 15) is 5.11 Å². The van der Waals surface area contributed by atoms with Gasteiger partial charge in [0.2, 0.25) is 0 Å². The quantitative estimate of drug-likeness (QED) is 0.250. The second-order valence-electron chi connectivity index (χ2n) is 7.50. The molecule has 0 radical (unpaired) electrons. The van der Waals surface area contributed by atoms with E-state index in [1.807, 2.05) is 6.07 Å². The minimum atomic E-state index is -0.108. The Morgan fingerprint density at radius 1 is 1.24 bits per heavy atom. The Balaban J connectivity index is 0.00000300. The van der Waals surface area contributed by atoms with Crippen LogP contribution in [0.25, 0.3) is 0 Å². The summed E-state index contributed by atoms with van der Waals surface area (Å²) in [5.41, 5.74) is 1.17. The molecule has 7 nitrogen and oxygen atoms in total. The lowest BCUT2D eigenvalue weighted by Crippen LogP contribution is -2.39. The lowest BCUT2D eigenvalue weighted by Gasteiger charge is -2.29. The number of nitrogens with one attached hydrogen (secondary N) is 1. The molecule has 8 heteroatoms. The monoisotopic (exact) mass is 518 g/mol. The number of piperidine rings is 1. The van der Waals surface area contributed by atoms with E-state index in [1.165, 1.54) is 5.56 Å². The minimum absolute atomic E-state index is 0. The highest BCUT2D eigenvalue weighted by Gasteiger charge is 2.16. The highest BCUT2D eigenvalue weighted by molar-refractivity contribution is 14.0. The fraction of sp³-hybridized carbons (Fsp3) is 0.667. The van der Waals surface area contributed by atoms with Gasteiger partial charge in [0.25, 0.3) is 0 Å². The van der Waals surface area contributed by atoms with Crippen LogP contribution in [-0.2, 0) is 6.54 Å². The molecule has 0 spiro atoms. The number of aliphatic hydroxyl groups is 1. The van der Waals surface area contributed by atoms with Crippen LogP contribution in [0, 0.1) is 0 Å². The molecule has 1 aromatic carbocycles. The molecule has 29 heavy (non-hydrogen) atoms. The zero-order chi connectivity index (χ0) is 19.8. The van der Waals surface area contributed by atoms with E-state index in [-0.39, 0.29) is 30.1 Å². The Hall–Kier alpha value is -1.26. The Morgan fingerprint density at radius 3 is 2.69 bits per heavy atom. The molecule has 0 saturated carbocycles. The number of guanidine groups is 1. The highest BCUT2D eigenvalue weighted by atomic mass is 127. The highest BCUT2D eigenvalue weighted by Crippen LogP contribution is 2.31. The van der Waals surface area contributed by atoms with Crippen LogP contribution in [0.15, 0.2) is 23.2 Å². The van der Waals surface area contributed by atoms with Crippen molar-refractivity contribution >= 4 is 29.9 Å². The summed E-state index contributed by atoms with van der Waals surface area (Å²) in [6.07, 6.45) is 2.71. The molecule has 2 aliphatic rings. The second-order valence-corrected chi connectivity index (χ2v) is 7.50. The van der Waals surface area contributed by atoms with Gasteiger partial charge >= 0.3 is 0 Å². The van der Waals surface area contributed by atoms with Crippen LogP contribution in [0.2, 0.25) is 0 Å². The van der Waals surface area contributed by atoms with Gasteiger partial charge in [-0.2, -0.15) is 0 Å². The van der Waals surface area contributed by atoms with Crippen molar-refractivity contribution < 1.29 is 14.6 Å². The number of hydrogen-bond donors (Lipinski definition) is 2. The fourth-order valence-electron chi connectivity index (χ4n) is 3.63. The van der Waals surface area contributed by atoms with Gasteiger partial charge in [-0.1, -0.05) is 6.07 Å². The topological polar surface area (TPSA) is 69.6 Å². The van der Waals surface area contributed by atoms with Crippen LogP contribution < -0.4 is 14.8 Å².